The highest BCUT2D eigenvalue weighted by atomic mass is 127. The molecular weight excluding hydrogens is 395 g/mol. The van der Waals surface area contributed by atoms with E-state index in [2.05, 4.69) is 34.5 Å². The van der Waals surface area contributed by atoms with Crippen molar-refractivity contribution in [3.8, 4) is 0 Å². The Hall–Kier alpha value is -0.370. The molecule has 0 aromatic carbocycles. The number of thiazole rings is 1. The molecule has 2 N–H and O–H groups in total. The number of halogens is 1. The number of aryl methyl sites for hydroxylation is 1. The molecule has 0 atom stereocenters. The van der Waals surface area contributed by atoms with E-state index < -0.39 is 0 Å². The Bertz CT molecular complexity index is 439. The maximum atomic E-state index is 4.42. The van der Waals surface area contributed by atoms with Gasteiger partial charge in [0, 0.05) is 24.2 Å². The molecule has 0 spiro atoms. The van der Waals surface area contributed by atoms with E-state index in [1.807, 2.05) is 13.2 Å². The van der Waals surface area contributed by atoms with Crippen LogP contribution in [-0.2, 0) is 13.0 Å². The standard InChI is InChI=1S/C15H26N4S.HI/c1-4-13-9-17-14(20-13)10-18-15(16-3)19-12-7-5-11(2)6-8-12;/h9,11-12H,4-8,10H2,1-3H3,(H2,16,18,19);1H. The van der Waals surface area contributed by atoms with E-state index >= 15 is 0 Å². The van der Waals surface area contributed by atoms with Crippen molar-refractivity contribution in [1.82, 2.24) is 15.6 Å². The number of aromatic nitrogens is 1. The SMILES string of the molecule is CCc1cnc(CNC(=NC)NC2CCC(C)CC2)s1.I. The number of guanidine groups is 1. The molecule has 1 aromatic rings. The van der Waals surface area contributed by atoms with Gasteiger partial charge in [0.2, 0.25) is 0 Å². The molecule has 4 nitrogen and oxygen atoms in total. The fraction of sp³-hybridized carbons (Fsp3) is 0.733. The molecular formula is C15H27IN4S. The maximum absolute atomic E-state index is 4.42. The van der Waals surface area contributed by atoms with Gasteiger partial charge in [-0.15, -0.1) is 35.3 Å². The summed E-state index contributed by atoms with van der Waals surface area (Å²) in [7, 11) is 1.83. The van der Waals surface area contributed by atoms with Crippen LogP contribution in [0.3, 0.4) is 0 Å². The van der Waals surface area contributed by atoms with Crippen LogP contribution < -0.4 is 10.6 Å². The summed E-state index contributed by atoms with van der Waals surface area (Å²) in [6.45, 7) is 5.26. The van der Waals surface area contributed by atoms with Crippen LogP contribution in [0.4, 0.5) is 0 Å². The molecule has 1 aliphatic carbocycles. The van der Waals surface area contributed by atoms with Crippen molar-refractivity contribution in [3.05, 3.63) is 16.1 Å². The van der Waals surface area contributed by atoms with Crippen molar-refractivity contribution >= 4 is 41.3 Å². The summed E-state index contributed by atoms with van der Waals surface area (Å²) in [6.07, 6.45) is 8.17. The molecule has 0 bridgehead atoms. The van der Waals surface area contributed by atoms with E-state index in [4.69, 9.17) is 0 Å². The molecule has 6 heteroatoms. The van der Waals surface area contributed by atoms with E-state index in [1.54, 1.807) is 11.3 Å². The molecule has 1 aromatic heterocycles. The predicted octanol–water partition coefficient (Wildman–Crippen LogP) is 3.57. The number of nitrogens with zero attached hydrogens (tertiary/aromatic N) is 2. The number of hydrogen-bond donors (Lipinski definition) is 2. The lowest BCUT2D eigenvalue weighted by molar-refractivity contribution is 0.329. The highest BCUT2D eigenvalue weighted by Crippen LogP contribution is 2.23. The molecule has 0 unspecified atom stereocenters. The molecule has 0 aliphatic heterocycles. The molecule has 1 aliphatic rings. The first-order valence-electron chi connectivity index (χ1n) is 7.62. The van der Waals surface area contributed by atoms with Crippen molar-refractivity contribution in [3.63, 3.8) is 0 Å². The summed E-state index contributed by atoms with van der Waals surface area (Å²) in [5.74, 6) is 1.78. The van der Waals surface area contributed by atoms with Crippen LogP contribution in [0.25, 0.3) is 0 Å². The summed E-state index contributed by atoms with van der Waals surface area (Å²) in [5.41, 5.74) is 0. The third-order valence-electron chi connectivity index (χ3n) is 3.94. The smallest absolute Gasteiger partial charge is 0.191 e. The summed E-state index contributed by atoms with van der Waals surface area (Å²) in [6, 6.07) is 0.569. The number of aliphatic imine (C=N–C) groups is 1. The Labute approximate surface area is 149 Å². The topological polar surface area (TPSA) is 49.3 Å². The molecule has 21 heavy (non-hydrogen) atoms. The molecule has 120 valence electrons. The fourth-order valence-corrected chi connectivity index (χ4v) is 3.35. The van der Waals surface area contributed by atoms with Crippen molar-refractivity contribution in [2.75, 3.05) is 7.05 Å². The van der Waals surface area contributed by atoms with E-state index in [1.165, 1.54) is 30.6 Å². The third-order valence-corrected chi connectivity index (χ3v) is 5.08. The van der Waals surface area contributed by atoms with Crippen molar-refractivity contribution in [1.29, 1.82) is 0 Å². The minimum atomic E-state index is 0. The Balaban J connectivity index is 0.00000220. The Morgan fingerprint density at radius 2 is 2.10 bits per heavy atom. The monoisotopic (exact) mass is 422 g/mol. The van der Waals surface area contributed by atoms with Crippen LogP contribution in [0.2, 0.25) is 0 Å². The molecule has 0 radical (unpaired) electrons. The van der Waals surface area contributed by atoms with Gasteiger partial charge in [-0.05, 0) is 38.0 Å². The lowest BCUT2D eigenvalue weighted by Crippen LogP contribution is -2.44. The van der Waals surface area contributed by atoms with Crippen LogP contribution in [0.1, 0.15) is 49.4 Å². The maximum Gasteiger partial charge on any atom is 0.191 e. The second-order valence-electron chi connectivity index (χ2n) is 5.60. The normalized spacial score (nSPS) is 22.5. The average molecular weight is 422 g/mol. The summed E-state index contributed by atoms with van der Waals surface area (Å²) < 4.78 is 0. The van der Waals surface area contributed by atoms with E-state index in [-0.39, 0.29) is 24.0 Å². The first kappa shape index (κ1) is 18.7. The Morgan fingerprint density at radius 1 is 1.38 bits per heavy atom. The lowest BCUT2D eigenvalue weighted by Gasteiger charge is -2.28. The second kappa shape index (κ2) is 9.61. The van der Waals surface area contributed by atoms with Crippen LogP contribution in [0.5, 0.6) is 0 Å². The quantitative estimate of drug-likeness (QED) is 0.443. The molecule has 1 fully saturated rings. The van der Waals surface area contributed by atoms with E-state index in [0.29, 0.717) is 6.04 Å². The molecule has 0 saturated heterocycles. The summed E-state index contributed by atoms with van der Waals surface area (Å²) in [4.78, 5) is 10.1. The van der Waals surface area contributed by atoms with Gasteiger partial charge in [0.15, 0.2) is 5.96 Å². The van der Waals surface area contributed by atoms with Gasteiger partial charge in [0.05, 0.1) is 6.54 Å². The van der Waals surface area contributed by atoms with Gasteiger partial charge < -0.3 is 10.6 Å². The largest absolute Gasteiger partial charge is 0.354 e. The fourth-order valence-electron chi connectivity index (χ4n) is 2.54. The summed E-state index contributed by atoms with van der Waals surface area (Å²) >= 11 is 1.78. The van der Waals surface area contributed by atoms with Gasteiger partial charge in [-0.1, -0.05) is 13.8 Å². The van der Waals surface area contributed by atoms with Gasteiger partial charge in [0.25, 0.3) is 0 Å². The van der Waals surface area contributed by atoms with Crippen LogP contribution in [-0.4, -0.2) is 24.0 Å². The van der Waals surface area contributed by atoms with Gasteiger partial charge in [-0.2, -0.15) is 0 Å². The second-order valence-corrected chi connectivity index (χ2v) is 6.80. The average Bonchev–Trinajstić information content (AvgIpc) is 2.93. The minimum Gasteiger partial charge on any atom is -0.354 e. The number of hydrogen-bond acceptors (Lipinski definition) is 3. The lowest BCUT2D eigenvalue weighted by atomic mass is 9.87. The van der Waals surface area contributed by atoms with Gasteiger partial charge >= 0.3 is 0 Å². The van der Waals surface area contributed by atoms with Crippen molar-refractivity contribution < 1.29 is 0 Å². The number of nitrogens with one attached hydrogen (secondary N) is 2. The Kier molecular flexibility index (Phi) is 8.55. The zero-order valence-corrected chi connectivity index (χ0v) is 16.3. The zero-order chi connectivity index (χ0) is 14.4. The van der Waals surface area contributed by atoms with Gasteiger partial charge in [-0.25, -0.2) is 4.98 Å². The van der Waals surface area contributed by atoms with E-state index in [0.717, 1.165) is 29.9 Å². The van der Waals surface area contributed by atoms with Crippen LogP contribution in [0.15, 0.2) is 11.2 Å². The first-order chi connectivity index (χ1) is 9.71. The molecule has 1 saturated carbocycles. The molecule has 2 rings (SSSR count). The third kappa shape index (κ3) is 6.10. The van der Waals surface area contributed by atoms with E-state index in [9.17, 15) is 0 Å². The predicted molar refractivity (Wildman–Crippen MR) is 102 cm³/mol. The zero-order valence-electron chi connectivity index (χ0n) is 13.2. The first-order valence-corrected chi connectivity index (χ1v) is 8.43. The van der Waals surface area contributed by atoms with Crippen molar-refractivity contribution in [2.24, 2.45) is 10.9 Å². The highest BCUT2D eigenvalue weighted by molar-refractivity contribution is 14.0. The summed E-state index contributed by atoms with van der Waals surface area (Å²) in [5, 5.41) is 8.03. The van der Waals surface area contributed by atoms with Crippen LogP contribution in [0, 0.1) is 5.92 Å². The van der Waals surface area contributed by atoms with Crippen molar-refractivity contribution in [2.45, 2.75) is 58.5 Å². The minimum absolute atomic E-state index is 0. The number of rotatable bonds is 4. The van der Waals surface area contributed by atoms with Gasteiger partial charge in [0.1, 0.15) is 5.01 Å². The molecule has 1 heterocycles. The molecule has 0 amide bonds. The van der Waals surface area contributed by atoms with Gasteiger partial charge in [-0.3, -0.25) is 4.99 Å². The van der Waals surface area contributed by atoms with Crippen LogP contribution >= 0.6 is 35.3 Å². The Morgan fingerprint density at radius 3 is 2.67 bits per heavy atom. The highest BCUT2D eigenvalue weighted by Gasteiger charge is 2.18.